The molecule has 23 heteroatoms. The van der Waals surface area contributed by atoms with Gasteiger partial charge in [-0.1, -0.05) is 139 Å². The fraction of sp³-hybridized carbons (Fsp3) is 0.740. The Morgan fingerprint density at radius 3 is 1.78 bits per heavy atom. The number of ether oxygens (including phenoxy) is 2. The van der Waals surface area contributed by atoms with Crippen molar-refractivity contribution in [1.29, 1.82) is 0 Å². The van der Waals surface area contributed by atoms with Crippen LogP contribution in [0.2, 0.25) is 0 Å². The Balaban J connectivity index is 3.00. The van der Waals surface area contributed by atoms with Crippen molar-refractivity contribution in [3.8, 4) is 0 Å². The molecule has 11 N–H and O–H groups in total. The molecule has 0 spiro atoms. The van der Waals surface area contributed by atoms with Crippen LogP contribution in [0.1, 0.15) is 155 Å². The lowest BCUT2D eigenvalue weighted by Gasteiger charge is -2.43. The number of aliphatic carboxylic acids is 1. The van der Waals surface area contributed by atoms with Crippen LogP contribution in [-0.2, 0) is 46.6 Å². The predicted molar refractivity (Wildman–Crippen MR) is 279 cm³/mol. The number of rotatable bonds is 43. The highest BCUT2D eigenvalue weighted by Crippen LogP contribution is 2.50. The predicted octanol–water partition coefficient (Wildman–Crippen LogP) is 7.16. The van der Waals surface area contributed by atoms with E-state index in [9.17, 15) is 63.7 Å². The number of phosphoric acid groups is 2. The summed E-state index contributed by atoms with van der Waals surface area (Å²) in [5.41, 5.74) is 6.18. The van der Waals surface area contributed by atoms with Crippen LogP contribution in [-0.4, -0.2) is 142 Å². The topological polar surface area (TPSA) is 340 Å². The van der Waals surface area contributed by atoms with Gasteiger partial charge in [-0.2, -0.15) is 0 Å². The van der Waals surface area contributed by atoms with E-state index in [1.165, 1.54) is 51.4 Å². The van der Waals surface area contributed by atoms with Gasteiger partial charge in [0.2, 0.25) is 0 Å². The van der Waals surface area contributed by atoms with Crippen molar-refractivity contribution in [2.24, 2.45) is 5.73 Å². The van der Waals surface area contributed by atoms with E-state index in [2.05, 4.69) is 42.7 Å². The third-order valence-corrected chi connectivity index (χ3v) is 14.5. The average molecular weight is 1100 g/mol. The number of allylic oxidation sites excluding steroid dienone is 9. The molecule has 11 atom stereocenters. The zero-order valence-electron chi connectivity index (χ0n) is 42.7. The summed E-state index contributed by atoms with van der Waals surface area (Å²) in [6, 6.07) is -1.31. The van der Waals surface area contributed by atoms with Gasteiger partial charge in [0.25, 0.3) is 0 Å². The first-order chi connectivity index (χ1) is 34.7. The Morgan fingerprint density at radius 1 is 0.644 bits per heavy atom. The molecule has 0 aliphatic heterocycles. The Labute approximate surface area is 436 Å². The van der Waals surface area contributed by atoms with E-state index < -0.39 is 107 Å². The lowest BCUT2D eigenvalue weighted by Crippen LogP contribution is -2.64. The minimum absolute atomic E-state index is 0.0779. The Bertz CT molecular complexity index is 1760. The average Bonchev–Trinajstić information content (AvgIpc) is 3.33. The third kappa shape index (κ3) is 34.0. The molecule has 0 heterocycles. The van der Waals surface area contributed by atoms with E-state index in [0.717, 1.165) is 63.1 Å². The monoisotopic (exact) mass is 1100 g/mol. The lowest BCUT2D eigenvalue weighted by atomic mass is 9.85. The van der Waals surface area contributed by atoms with Gasteiger partial charge in [-0.25, -0.2) is 9.13 Å². The summed E-state index contributed by atoms with van der Waals surface area (Å²) >= 11 is 1.11. The fourth-order valence-electron chi connectivity index (χ4n) is 7.40. The van der Waals surface area contributed by atoms with Gasteiger partial charge in [0.15, 0.2) is 6.10 Å². The largest absolute Gasteiger partial charge is 0.481 e. The van der Waals surface area contributed by atoms with Crippen molar-refractivity contribution in [2.75, 3.05) is 19.0 Å². The van der Waals surface area contributed by atoms with E-state index >= 15 is 0 Å². The second-order valence-electron chi connectivity index (χ2n) is 18.1. The van der Waals surface area contributed by atoms with Crippen LogP contribution in [0.4, 0.5) is 0 Å². The molecule has 0 aromatic heterocycles. The number of aliphatic hydroxyl groups is 5. The number of nitrogens with two attached hydrogens (primary N) is 1. The van der Waals surface area contributed by atoms with Crippen molar-refractivity contribution in [2.45, 2.75) is 215 Å². The maximum atomic E-state index is 13.2. The van der Waals surface area contributed by atoms with Gasteiger partial charge in [0.1, 0.15) is 49.3 Å². The van der Waals surface area contributed by atoms with Gasteiger partial charge in [-0.15, -0.1) is 11.8 Å². The van der Waals surface area contributed by atoms with Crippen LogP contribution in [0, 0.1) is 0 Å². The summed E-state index contributed by atoms with van der Waals surface area (Å²) in [7, 11) is -11.0. The van der Waals surface area contributed by atoms with E-state index in [1.54, 1.807) is 18.2 Å². The van der Waals surface area contributed by atoms with Crippen molar-refractivity contribution in [1.82, 2.24) is 0 Å². The molecular formula is C50H87NO19P2S. The highest BCUT2D eigenvalue weighted by atomic mass is 32.2. The summed E-state index contributed by atoms with van der Waals surface area (Å²) in [5, 5.41) is 60.6. The summed E-state index contributed by atoms with van der Waals surface area (Å²) in [5.74, 6) is -2.88. The molecule has 0 saturated heterocycles. The minimum Gasteiger partial charge on any atom is -0.481 e. The van der Waals surface area contributed by atoms with Crippen LogP contribution < -0.4 is 5.73 Å². The number of hydrogen-bond donors (Lipinski definition) is 10. The first-order valence-electron chi connectivity index (χ1n) is 25.8. The molecule has 73 heavy (non-hydrogen) atoms. The quantitative estimate of drug-likeness (QED) is 0.00952. The molecule has 1 saturated carbocycles. The number of thioether (sulfide) groups is 1. The van der Waals surface area contributed by atoms with Gasteiger partial charge >= 0.3 is 33.6 Å². The van der Waals surface area contributed by atoms with Crippen molar-refractivity contribution < 1.29 is 91.9 Å². The second-order valence-corrected chi connectivity index (χ2v) is 21.9. The molecule has 0 aromatic carbocycles. The fourth-order valence-corrected chi connectivity index (χ4v) is 10.1. The number of carboxylic acid groups (broad SMARTS) is 1. The molecule has 0 bridgehead atoms. The van der Waals surface area contributed by atoms with Gasteiger partial charge in [-0.3, -0.25) is 28.0 Å². The molecule has 20 nitrogen and oxygen atoms in total. The van der Waals surface area contributed by atoms with Crippen LogP contribution in [0.5, 0.6) is 0 Å². The molecule has 0 aromatic rings. The van der Waals surface area contributed by atoms with Crippen LogP contribution in [0.3, 0.4) is 0 Å². The van der Waals surface area contributed by atoms with Gasteiger partial charge in [0.05, 0.1) is 12.7 Å². The minimum atomic E-state index is -5.51. The number of carboxylic acids is 1. The normalized spacial score (nSPS) is 22.3. The maximum Gasteiger partial charge on any atom is 0.472 e. The molecule has 0 amide bonds. The maximum absolute atomic E-state index is 13.2. The number of carbonyl (C=O) groups is 3. The highest BCUT2D eigenvalue weighted by Gasteiger charge is 2.54. The van der Waals surface area contributed by atoms with Crippen molar-refractivity contribution in [3.05, 3.63) is 60.8 Å². The Kier molecular flexibility index (Phi) is 38.1. The van der Waals surface area contributed by atoms with Gasteiger partial charge in [-0.05, 0) is 64.2 Å². The SMILES string of the molecule is CCCCC/C=C\C\C=C/C=C/C=C/[C@@H](SC[C@H](N)C(=O)OC[C@H](COP(=O)(O)O[C@H]1[C@H](O)[C@@H](O)[C@H](O)[C@@H](O)[C@H]1OP(=O)(O)O)OC(=O)CCCCCCC/C=C\CCCCCCCC)[C@@H](O)CCCC(=O)O. The molecule has 1 unspecified atom stereocenters. The molecular weight excluding hydrogens is 1010 g/mol. The number of carbonyl (C=O) groups excluding carboxylic acids is 2. The third-order valence-electron chi connectivity index (χ3n) is 11.6. The van der Waals surface area contributed by atoms with E-state index in [1.807, 2.05) is 18.2 Å². The lowest BCUT2D eigenvalue weighted by molar-refractivity contribution is -0.216. The first kappa shape index (κ1) is 68.5. The molecule has 1 aliphatic carbocycles. The zero-order valence-corrected chi connectivity index (χ0v) is 45.3. The summed E-state index contributed by atoms with van der Waals surface area (Å²) < 4.78 is 49.9. The number of unbranched alkanes of at least 4 members (excludes halogenated alkanes) is 14. The molecule has 1 aliphatic rings. The standard InChI is InChI=1S/C50H87NO19P2S/c1-3-5-7-9-11-13-15-17-18-19-21-23-25-27-29-34-43(55)68-38(36-67-72(64,65)70-49-47(59)45(57)44(56)46(58)48(49)69-71(61,62)63)35-66-50(60)39(51)37-73-41(40(52)31-30-33-42(53)54)32-28-26-24-22-20-16-14-12-10-8-6-4-2/h12,14,17-18,20,22,24,26,28,32,38-41,44-49,52,56-59H,3-11,13,15-16,19,21,23,25,27,29-31,33-37,51H2,1-2H3,(H,53,54)(H,64,65)(H2,61,62,63)/b14-12-,18-17-,22-20-,26-24+,32-28+/t38-,39+,40+,41-,44+,45+,46-,47-,48-,49+/m1/s1. The van der Waals surface area contributed by atoms with Gasteiger partial charge in [0, 0.05) is 23.8 Å². The number of aliphatic hydroxyl groups excluding tert-OH is 5. The molecule has 1 rings (SSSR count). The zero-order chi connectivity index (χ0) is 54.5. The first-order valence-corrected chi connectivity index (χ1v) is 29.8. The van der Waals surface area contributed by atoms with Gasteiger partial charge < -0.3 is 60.5 Å². The second kappa shape index (κ2) is 40.7. The van der Waals surface area contributed by atoms with E-state index in [-0.39, 0.29) is 31.4 Å². The smallest absolute Gasteiger partial charge is 0.472 e. The van der Waals surface area contributed by atoms with E-state index in [0.29, 0.717) is 12.8 Å². The van der Waals surface area contributed by atoms with Crippen LogP contribution in [0.15, 0.2) is 60.8 Å². The number of phosphoric ester groups is 2. The molecule has 1 fully saturated rings. The highest BCUT2D eigenvalue weighted by molar-refractivity contribution is 8.00. The van der Waals surface area contributed by atoms with Crippen LogP contribution in [0.25, 0.3) is 0 Å². The summed E-state index contributed by atoms with van der Waals surface area (Å²) in [6.07, 6.45) is 21.9. The van der Waals surface area contributed by atoms with E-state index in [4.69, 9.17) is 29.4 Å². The van der Waals surface area contributed by atoms with Crippen molar-refractivity contribution in [3.63, 3.8) is 0 Å². The Hall–Kier alpha value is -2.56. The summed E-state index contributed by atoms with van der Waals surface area (Å²) in [6.45, 7) is 2.59. The van der Waals surface area contributed by atoms with Crippen molar-refractivity contribution >= 4 is 45.3 Å². The summed E-state index contributed by atoms with van der Waals surface area (Å²) in [4.78, 5) is 66.7. The molecule has 0 radical (unpaired) electrons. The Morgan fingerprint density at radius 2 is 1.18 bits per heavy atom. The number of hydrogen-bond acceptors (Lipinski definition) is 17. The molecule has 422 valence electrons. The number of esters is 2. The van der Waals surface area contributed by atoms with Crippen LogP contribution >= 0.6 is 27.4 Å².